The van der Waals surface area contributed by atoms with E-state index >= 15 is 0 Å². The molecular formula is C25H41N3O5. The third kappa shape index (κ3) is 4.29. The lowest BCUT2D eigenvalue weighted by Gasteiger charge is -2.38. The maximum Gasteiger partial charge on any atom is 0.246 e. The van der Waals surface area contributed by atoms with Gasteiger partial charge in [-0.15, -0.1) is 0 Å². The highest BCUT2D eigenvalue weighted by atomic mass is 16.5. The van der Waals surface area contributed by atoms with Crippen LogP contribution in [-0.4, -0.2) is 70.7 Å². The SMILES string of the molecule is CCCNC(=O)[C@@H]1[C@@H]2CCC3(O2)C(C(=O)NC2CCCCC2)N([C@@H](CO)CC(C)C)C(=O)[C@H]13. The van der Waals surface area contributed by atoms with Crippen molar-refractivity contribution in [3.63, 3.8) is 0 Å². The number of ether oxygens (including phenoxy) is 1. The molecule has 4 rings (SSSR count). The van der Waals surface area contributed by atoms with Gasteiger partial charge in [-0.3, -0.25) is 14.4 Å². The summed E-state index contributed by atoms with van der Waals surface area (Å²) in [6, 6.07) is -1.16. The van der Waals surface area contributed by atoms with Gasteiger partial charge in [0.1, 0.15) is 11.6 Å². The van der Waals surface area contributed by atoms with Crippen molar-refractivity contribution in [3.8, 4) is 0 Å². The predicted octanol–water partition coefficient (Wildman–Crippen LogP) is 1.74. The van der Waals surface area contributed by atoms with Gasteiger partial charge in [-0.1, -0.05) is 40.0 Å². The Kier molecular flexibility index (Phi) is 7.34. The highest BCUT2D eigenvalue weighted by Gasteiger charge is 2.75. The molecule has 3 N–H and O–H groups in total. The molecule has 2 bridgehead atoms. The number of nitrogens with one attached hydrogen (secondary N) is 2. The second-order valence-corrected chi connectivity index (χ2v) is 10.9. The van der Waals surface area contributed by atoms with Crippen LogP contribution in [0.1, 0.15) is 78.6 Å². The standard InChI is InChI=1S/C25H41N3O5/c1-4-12-26-22(30)19-18-10-11-25(33-18)20(19)24(32)28(17(14-29)13-15(2)3)21(25)23(31)27-16-8-6-5-7-9-16/h15-21,29H,4-14H2,1-3H3,(H,26,30)(H,27,31)/t17-,18+,19-,20+,21?,25?/m1/s1. The van der Waals surface area contributed by atoms with Crippen LogP contribution >= 0.6 is 0 Å². The van der Waals surface area contributed by atoms with Crippen molar-refractivity contribution in [3.05, 3.63) is 0 Å². The summed E-state index contributed by atoms with van der Waals surface area (Å²) >= 11 is 0. The molecule has 4 aliphatic rings. The number of likely N-dealkylation sites (tertiary alicyclic amines) is 1. The fraction of sp³-hybridized carbons (Fsp3) is 0.880. The minimum atomic E-state index is -0.987. The van der Waals surface area contributed by atoms with Gasteiger partial charge in [0.2, 0.25) is 17.7 Å². The Morgan fingerprint density at radius 3 is 2.55 bits per heavy atom. The predicted molar refractivity (Wildman–Crippen MR) is 123 cm³/mol. The van der Waals surface area contributed by atoms with Gasteiger partial charge in [-0.05, 0) is 44.4 Å². The average molecular weight is 464 g/mol. The summed E-state index contributed by atoms with van der Waals surface area (Å²) in [5, 5.41) is 16.4. The first-order valence-corrected chi connectivity index (χ1v) is 13.0. The largest absolute Gasteiger partial charge is 0.394 e. The quantitative estimate of drug-likeness (QED) is 0.483. The van der Waals surface area contributed by atoms with E-state index in [4.69, 9.17) is 4.74 Å². The molecule has 2 unspecified atom stereocenters. The number of hydrogen-bond donors (Lipinski definition) is 3. The molecular weight excluding hydrogens is 422 g/mol. The molecule has 6 atom stereocenters. The van der Waals surface area contributed by atoms with E-state index in [0.29, 0.717) is 25.8 Å². The maximum atomic E-state index is 13.9. The van der Waals surface area contributed by atoms with Crippen LogP contribution in [0.3, 0.4) is 0 Å². The molecule has 3 saturated heterocycles. The molecule has 8 nitrogen and oxygen atoms in total. The summed E-state index contributed by atoms with van der Waals surface area (Å²) in [5.74, 6) is -1.55. The Balaban J connectivity index is 1.67. The van der Waals surface area contributed by atoms with Crippen LogP contribution in [-0.2, 0) is 19.1 Å². The average Bonchev–Trinajstić information content (AvgIpc) is 3.43. The third-order valence-electron chi connectivity index (χ3n) is 8.14. The van der Waals surface area contributed by atoms with Crippen LogP contribution in [0.4, 0.5) is 0 Å². The van der Waals surface area contributed by atoms with Gasteiger partial charge in [-0.25, -0.2) is 0 Å². The molecule has 0 aromatic carbocycles. The van der Waals surface area contributed by atoms with Crippen LogP contribution in [0, 0.1) is 17.8 Å². The van der Waals surface area contributed by atoms with Gasteiger partial charge in [-0.2, -0.15) is 0 Å². The molecule has 8 heteroatoms. The van der Waals surface area contributed by atoms with Crippen molar-refractivity contribution < 1.29 is 24.2 Å². The minimum Gasteiger partial charge on any atom is -0.394 e. The van der Waals surface area contributed by atoms with Gasteiger partial charge < -0.3 is 25.4 Å². The number of aliphatic hydroxyl groups is 1. The van der Waals surface area contributed by atoms with E-state index in [2.05, 4.69) is 10.6 Å². The number of amides is 3. The first kappa shape index (κ1) is 24.5. The van der Waals surface area contributed by atoms with Crippen molar-refractivity contribution in [1.29, 1.82) is 0 Å². The third-order valence-corrected chi connectivity index (χ3v) is 8.14. The van der Waals surface area contributed by atoms with Gasteiger partial charge in [0.15, 0.2) is 0 Å². The second kappa shape index (κ2) is 9.90. The lowest BCUT2D eigenvalue weighted by atomic mass is 9.70. The van der Waals surface area contributed by atoms with E-state index in [1.807, 2.05) is 20.8 Å². The zero-order valence-corrected chi connectivity index (χ0v) is 20.3. The molecule has 4 fully saturated rings. The molecule has 0 radical (unpaired) electrons. The summed E-state index contributed by atoms with van der Waals surface area (Å²) in [6.45, 7) is 6.42. The van der Waals surface area contributed by atoms with E-state index in [1.165, 1.54) is 6.42 Å². The number of carbonyl (C=O) groups excluding carboxylic acids is 3. The molecule has 1 aliphatic carbocycles. The number of hydrogen-bond acceptors (Lipinski definition) is 5. The molecule has 33 heavy (non-hydrogen) atoms. The lowest BCUT2D eigenvalue weighted by molar-refractivity contribution is -0.146. The zero-order valence-electron chi connectivity index (χ0n) is 20.3. The highest BCUT2D eigenvalue weighted by Crippen LogP contribution is 2.59. The van der Waals surface area contributed by atoms with Crippen LogP contribution in [0.2, 0.25) is 0 Å². The van der Waals surface area contributed by atoms with Crippen LogP contribution in [0.5, 0.6) is 0 Å². The Morgan fingerprint density at radius 2 is 1.91 bits per heavy atom. The smallest absolute Gasteiger partial charge is 0.246 e. The summed E-state index contributed by atoms with van der Waals surface area (Å²) in [5.41, 5.74) is -0.987. The molecule has 1 saturated carbocycles. The van der Waals surface area contributed by atoms with Crippen molar-refractivity contribution in [2.75, 3.05) is 13.2 Å². The zero-order chi connectivity index (χ0) is 23.8. The first-order chi connectivity index (χ1) is 15.8. The summed E-state index contributed by atoms with van der Waals surface area (Å²) in [6.07, 6.45) is 7.60. The fourth-order valence-electron chi connectivity index (χ4n) is 6.80. The lowest BCUT2D eigenvalue weighted by Crippen LogP contribution is -2.59. The molecule has 0 aromatic heterocycles. The normalized spacial score (nSPS) is 34.6. The van der Waals surface area contributed by atoms with Crippen LogP contribution < -0.4 is 10.6 Å². The van der Waals surface area contributed by atoms with E-state index in [9.17, 15) is 19.5 Å². The van der Waals surface area contributed by atoms with E-state index < -0.39 is 29.5 Å². The number of rotatable bonds is 9. The Morgan fingerprint density at radius 1 is 1.18 bits per heavy atom. The molecule has 0 aromatic rings. The Bertz CT molecular complexity index is 752. The van der Waals surface area contributed by atoms with Crippen molar-refractivity contribution >= 4 is 17.7 Å². The van der Waals surface area contributed by atoms with E-state index in [-0.39, 0.29) is 42.4 Å². The molecule has 3 aliphatic heterocycles. The minimum absolute atomic E-state index is 0.110. The number of nitrogens with zero attached hydrogens (tertiary/aromatic N) is 1. The monoisotopic (exact) mass is 463 g/mol. The molecule has 1 spiro atoms. The van der Waals surface area contributed by atoms with Crippen molar-refractivity contribution in [1.82, 2.24) is 15.5 Å². The Hall–Kier alpha value is -1.67. The Labute approximate surface area is 197 Å². The molecule has 186 valence electrons. The summed E-state index contributed by atoms with van der Waals surface area (Å²) in [4.78, 5) is 42.4. The van der Waals surface area contributed by atoms with Crippen molar-refractivity contribution in [2.45, 2.75) is 108 Å². The molecule has 3 amide bonds. The maximum absolute atomic E-state index is 13.9. The van der Waals surface area contributed by atoms with E-state index in [0.717, 1.165) is 32.1 Å². The summed E-state index contributed by atoms with van der Waals surface area (Å²) < 4.78 is 6.46. The highest BCUT2D eigenvalue weighted by molar-refractivity contribution is 5.99. The molecule has 3 heterocycles. The van der Waals surface area contributed by atoms with Gasteiger partial charge in [0.25, 0.3) is 0 Å². The summed E-state index contributed by atoms with van der Waals surface area (Å²) in [7, 11) is 0. The second-order valence-electron chi connectivity index (χ2n) is 10.9. The van der Waals surface area contributed by atoms with E-state index in [1.54, 1.807) is 4.90 Å². The van der Waals surface area contributed by atoms with Crippen LogP contribution in [0.15, 0.2) is 0 Å². The van der Waals surface area contributed by atoms with Crippen LogP contribution in [0.25, 0.3) is 0 Å². The number of carbonyl (C=O) groups is 3. The van der Waals surface area contributed by atoms with Gasteiger partial charge in [0.05, 0.1) is 30.6 Å². The fourth-order valence-corrected chi connectivity index (χ4v) is 6.80. The van der Waals surface area contributed by atoms with Crippen molar-refractivity contribution in [2.24, 2.45) is 17.8 Å². The first-order valence-electron chi connectivity index (χ1n) is 13.0. The van der Waals surface area contributed by atoms with Gasteiger partial charge in [0, 0.05) is 12.6 Å². The topological polar surface area (TPSA) is 108 Å². The van der Waals surface area contributed by atoms with Gasteiger partial charge >= 0.3 is 0 Å². The number of aliphatic hydroxyl groups excluding tert-OH is 1. The number of fused-ring (bicyclic) bond motifs is 1.